The largest absolute Gasteiger partial charge is 0.285 e. The number of allylic oxidation sites excluding steroid dienone is 3. The van der Waals surface area contributed by atoms with Gasteiger partial charge in [-0.2, -0.15) is 8.42 Å². The maximum atomic E-state index is 11.4. The summed E-state index contributed by atoms with van der Waals surface area (Å²) < 4.78 is 31.1. The smallest absolute Gasteiger partial charge is 0.274 e. The molecule has 0 aromatic heterocycles. The third-order valence-corrected chi connectivity index (χ3v) is 5.89. The highest BCUT2D eigenvalue weighted by atomic mass is 79.9. The lowest BCUT2D eigenvalue weighted by Crippen LogP contribution is -2.35. The fraction of sp³-hybridized carbons (Fsp3) is 0.167. The van der Waals surface area contributed by atoms with Crippen LogP contribution in [0.15, 0.2) is 48.6 Å². The zero-order chi connectivity index (χ0) is 13.4. The molecule has 0 spiro atoms. The summed E-state index contributed by atoms with van der Waals surface area (Å²) in [5, 5.41) is -1.08. The van der Waals surface area contributed by atoms with Gasteiger partial charge in [0.05, 0.1) is 0 Å². The van der Waals surface area contributed by atoms with Crippen molar-refractivity contribution in [1.29, 1.82) is 0 Å². The van der Waals surface area contributed by atoms with E-state index < -0.39 is 18.6 Å². The molecular formula is C12H10Br2O3S. The fourth-order valence-electron chi connectivity index (χ4n) is 1.73. The first-order valence-corrected chi connectivity index (χ1v) is 8.20. The molecule has 18 heavy (non-hydrogen) atoms. The van der Waals surface area contributed by atoms with Gasteiger partial charge in [0.2, 0.25) is 0 Å². The molecule has 3 nitrogen and oxygen atoms in total. The predicted octanol–water partition coefficient (Wildman–Crippen LogP) is 3.38. The minimum absolute atomic E-state index is 0.757. The van der Waals surface area contributed by atoms with E-state index in [2.05, 4.69) is 31.9 Å². The highest BCUT2D eigenvalue weighted by Gasteiger charge is 2.40. The van der Waals surface area contributed by atoms with Gasteiger partial charge in [0, 0.05) is 0 Å². The summed E-state index contributed by atoms with van der Waals surface area (Å²) in [7, 11) is -4.20. The van der Waals surface area contributed by atoms with Gasteiger partial charge in [-0.3, -0.25) is 4.55 Å². The molecule has 0 aliphatic heterocycles. The Kier molecular flexibility index (Phi) is 3.82. The van der Waals surface area contributed by atoms with Gasteiger partial charge in [0.1, 0.15) is 8.48 Å². The molecule has 1 aliphatic carbocycles. The van der Waals surface area contributed by atoms with E-state index in [1.165, 1.54) is 6.08 Å². The average molecular weight is 394 g/mol. The van der Waals surface area contributed by atoms with Crippen LogP contribution in [0.1, 0.15) is 5.56 Å². The number of alkyl halides is 2. The van der Waals surface area contributed by atoms with Crippen molar-refractivity contribution in [3.8, 4) is 0 Å². The summed E-state index contributed by atoms with van der Waals surface area (Å²) in [5.41, 5.74) is 1.66. The van der Waals surface area contributed by atoms with Gasteiger partial charge in [-0.25, -0.2) is 0 Å². The lowest BCUT2D eigenvalue weighted by molar-refractivity contribution is 0.475. The molecule has 0 saturated heterocycles. The molecule has 6 heteroatoms. The molecule has 1 aromatic carbocycles. The Balaban J connectivity index is 2.48. The van der Waals surface area contributed by atoms with Crippen LogP contribution in [-0.2, 0) is 10.1 Å². The van der Waals surface area contributed by atoms with Gasteiger partial charge < -0.3 is 0 Å². The molecule has 0 amide bonds. The first-order chi connectivity index (χ1) is 8.31. The van der Waals surface area contributed by atoms with E-state index >= 15 is 0 Å². The van der Waals surface area contributed by atoms with Crippen molar-refractivity contribution < 1.29 is 13.0 Å². The van der Waals surface area contributed by atoms with Crippen molar-refractivity contribution in [2.45, 2.75) is 8.48 Å². The third-order valence-electron chi connectivity index (χ3n) is 2.62. The van der Waals surface area contributed by atoms with Crippen LogP contribution in [0, 0.1) is 0 Å². The molecule has 0 saturated carbocycles. The van der Waals surface area contributed by atoms with Crippen LogP contribution in [0.2, 0.25) is 0 Å². The molecule has 0 fully saturated rings. The van der Waals surface area contributed by atoms with Crippen molar-refractivity contribution in [2.24, 2.45) is 0 Å². The average Bonchev–Trinajstić information content (AvgIpc) is 2.28. The minimum atomic E-state index is -4.20. The van der Waals surface area contributed by atoms with Crippen molar-refractivity contribution in [3.63, 3.8) is 0 Å². The summed E-state index contributed by atoms with van der Waals surface area (Å²) in [4.78, 5) is 0. The molecule has 0 heterocycles. The van der Waals surface area contributed by atoms with Crippen molar-refractivity contribution in [3.05, 3.63) is 54.1 Å². The Morgan fingerprint density at radius 3 is 2.33 bits per heavy atom. The quantitative estimate of drug-likeness (QED) is 0.618. The van der Waals surface area contributed by atoms with Gasteiger partial charge in [-0.15, -0.1) is 0 Å². The second-order valence-corrected chi connectivity index (χ2v) is 9.16. The first-order valence-electron chi connectivity index (χ1n) is 5.11. The Morgan fingerprint density at radius 2 is 1.78 bits per heavy atom. The summed E-state index contributed by atoms with van der Waals surface area (Å²) in [6, 6.07) is 9.39. The van der Waals surface area contributed by atoms with E-state index in [-0.39, 0.29) is 0 Å². The van der Waals surface area contributed by atoms with Crippen molar-refractivity contribution in [1.82, 2.24) is 0 Å². The lowest BCUT2D eigenvalue weighted by Gasteiger charge is -2.27. The zero-order valence-electron chi connectivity index (χ0n) is 9.12. The number of hydrogen-bond acceptors (Lipinski definition) is 2. The van der Waals surface area contributed by atoms with Crippen LogP contribution in [0.4, 0.5) is 0 Å². The van der Waals surface area contributed by atoms with E-state index in [9.17, 15) is 13.0 Å². The van der Waals surface area contributed by atoms with E-state index in [4.69, 9.17) is 0 Å². The maximum Gasteiger partial charge on any atom is 0.274 e. The molecule has 2 rings (SSSR count). The highest BCUT2D eigenvalue weighted by molar-refractivity contribution is 9.25. The second kappa shape index (κ2) is 4.92. The number of rotatable bonds is 2. The topological polar surface area (TPSA) is 54.4 Å². The van der Waals surface area contributed by atoms with Gasteiger partial charge in [-0.1, -0.05) is 80.4 Å². The SMILES string of the molecule is O=S(=O)(O)C1C=C(c2ccccc2)C=CC1(Br)Br. The van der Waals surface area contributed by atoms with Crippen LogP contribution < -0.4 is 0 Å². The maximum absolute atomic E-state index is 11.4. The van der Waals surface area contributed by atoms with Crippen LogP contribution in [-0.4, -0.2) is 21.5 Å². The summed E-state index contributed by atoms with van der Waals surface area (Å²) in [6.07, 6.45) is 4.99. The fourth-order valence-corrected chi connectivity index (χ4v) is 4.47. The van der Waals surface area contributed by atoms with Gasteiger partial charge in [0.15, 0.2) is 0 Å². The standard InChI is InChI=1S/C12H10Br2O3S/c13-12(14)7-6-10(8-11(12)18(15,16)17)9-4-2-1-3-5-9/h1-8,11H,(H,15,16,17). The van der Waals surface area contributed by atoms with E-state index in [0.717, 1.165) is 11.1 Å². The van der Waals surface area contributed by atoms with Crippen LogP contribution in [0.5, 0.6) is 0 Å². The highest BCUT2D eigenvalue weighted by Crippen LogP contribution is 2.41. The van der Waals surface area contributed by atoms with Crippen LogP contribution in [0.25, 0.3) is 5.57 Å². The first kappa shape index (κ1) is 14.0. The minimum Gasteiger partial charge on any atom is -0.285 e. The predicted molar refractivity (Wildman–Crippen MR) is 79.5 cm³/mol. The summed E-state index contributed by atoms with van der Waals surface area (Å²) >= 11 is 6.48. The molecule has 0 radical (unpaired) electrons. The summed E-state index contributed by atoms with van der Waals surface area (Å²) in [6.45, 7) is 0. The van der Waals surface area contributed by atoms with Gasteiger partial charge in [-0.05, 0) is 11.1 Å². The summed E-state index contributed by atoms with van der Waals surface area (Å²) in [5.74, 6) is 0. The molecule has 96 valence electrons. The Bertz CT molecular complexity index is 603. The molecule has 1 N–H and O–H groups in total. The zero-order valence-corrected chi connectivity index (χ0v) is 13.1. The van der Waals surface area contributed by atoms with Crippen LogP contribution >= 0.6 is 31.9 Å². The molecular weight excluding hydrogens is 384 g/mol. The molecule has 0 bridgehead atoms. The van der Waals surface area contributed by atoms with Gasteiger partial charge >= 0.3 is 0 Å². The van der Waals surface area contributed by atoms with E-state index in [1.54, 1.807) is 12.2 Å². The molecule has 1 aliphatic rings. The number of hydrogen-bond donors (Lipinski definition) is 1. The number of benzene rings is 1. The van der Waals surface area contributed by atoms with Gasteiger partial charge in [0.25, 0.3) is 10.1 Å². The Labute approximate surface area is 123 Å². The monoisotopic (exact) mass is 392 g/mol. The molecule has 1 unspecified atom stereocenters. The second-order valence-electron chi connectivity index (χ2n) is 3.93. The molecule has 1 aromatic rings. The normalized spacial score (nSPS) is 22.6. The van der Waals surface area contributed by atoms with E-state index in [1.807, 2.05) is 30.3 Å². The Hall–Kier alpha value is -0.430. The van der Waals surface area contributed by atoms with Crippen molar-refractivity contribution in [2.75, 3.05) is 0 Å². The molecule has 1 atom stereocenters. The van der Waals surface area contributed by atoms with Crippen LogP contribution in [0.3, 0.4) is 0 Å². The van der Waals surface area contributed by atoms with E-state index in [0.29, 0.717) is 0 Å². The van der Waals surface area contributed by atoms with Crippen molar-refractivity contribution >= 4 is 47.6 Å². The third kappa shape index (κ3) is 2.93. The number of halogens is 2. The Morgan fingerprint density at radius 1 is 1.17 bits per heavy atom. The lowest BCUT2D eigenvalue weighted by atomic mass is 9.99.